The Morgan fingerprint density at radius 1 is 1.35 bits per heavy atom. The minimum Gasteiger partial charge on any atom is -0.480 e. The van der Waals surface area contributed by atoms with Gasteiger partial charge >= 0.3 is 5.97 Å². The summed E-state index contributed by atoms with van der Waals surface area (Å²) < 4.78 is 12.9. The summed E-state index contributed by atoms with van der Waals surface area (Å²) in [6, 6.07) is 6.22. The van der Waals surface area contributed by atoms with Gasteiger partial charge in [0.2, 0.25) is 0 Å². The van der Waals surface area contributed by atoms with Gasteiger partial charge in [0.05, 0.1) is 5.69 Å². The smallest absolute Gasteiger partial charge is 0.326 e. The summed E-state index contributed by atoms with van der Waals surface area (Å²) in [4.78, 5) is 23.4. The fraction of sp³-hybridized carbons (Fsp3) is 0.312. The number of rotatable bonds is 6. The van der Waals surface area contributed by atoms with Gasteiger partial charge in [0.1, 0.15) is 17.6 Å². The number of aromatic amines is 1. The predicted octanol–water partition coefficient (Wildman–Crippen LogP) is 2.44. The van der Waals surface area contributed by atoms with Crippen LogP contribution in [0.2, 0.25) is 0 Å². The van der Waals surface area contributed by atoms with Crippen LogP contribution >= 0.6 is 0 Å². The third kappa shape index (κ3) is 3.94. The molecule has 2 rings (SSSR count). The summed E-state index contributed by atoms with van der Waals surface area (Å²) in [5.74, 6) is -2.18. The monoisotopic (exact) mass is 319 g/mol. The molecular formula is C16H18FN3O3. The van der Waals surface area contributed by atoms with Crippen LogP contribution < -0.4 is 5.32 Å². The van der Waals surface area contributed by atoms with Crippen LogP contribution in [0.5, 0.6) is 0 Å². The second kappa shape index (κ2) is 7.04. The Morgan fingerprint density at radius 3 is 2.57 bits per heavy atom. The largest absolute Gasteiger partial charge is 0.480 e. The average molecular weight is 319 g/mol. The van der Waals surface area contributed by atoms with Crippen LogP contribution in [0.15, 0.2) is 30.3 Å². The number of H-pyrrole nitrogens is 1. The lowest BCUT2D eigenvalue weighted by molar-refractivity contribution is -0.140. The molecule has 0 saturated carbocycles. The molecular weight excluding hydrogens is 301 g/mol. The third-order valence-electron chi connectivity index (χ3n) is 3.73. The van der Waals surface area contributed by atoms with Crippen molar-refractivity contribution in [1.29, 1.82) is 0 Å². The molecule has 1 aromatic heterocycles. The van der Waals surface area contributed by atoms with Crippen molar-refractivity contribution in [2.75, 3.05) is 0 Å². The van der Waals surface area contributed by atoms with Crippen molar-refractivity contribution in [2.45, 2.75) is 26.3 Å². The molecule has 2 aromatic rings. The number of benzene rings is 1. The van der Waals surface area contributed by atoms with Gasteiger partial charge in [-0.05, 0) is 36.2 Å². The zero-order chi connectivity index (χ0) is 17.0. The molecule has 0 aliphatic heterocycles. The second-order valence-electron chi connectivity index (χ2n) is 5.35. The topological polar surface area (TPSA) is 95.1 Å². The first kappa shape index (κ1) is 16.7. The van der Waals surface area contributed by atoms with Gasteiger partial charge in [-0.15, -0.1) is 0 Å². The van der Waals surface area contributed by atoms with E-state index in [1.165, 1.54) is 18.2 Å². The van der Waals surface area contributed by atoms with E-state index in [9.17, 15) is 19.1 Å². The third-order valence-corrected chi connectivity index (χ3v) is 3.73. The Labute approximate surface area is 132 Å². The van der Waals surface area contributed by atoms with Crippen LogP contribution in [0, 0.1) is 11.7 Å². The van der Waals surface area contributed by atoms with Gasteiger partial charge in [-0.3, -0.25) is 9.89 Å². The summed E-state index contributed by atoms with van der Waals surface area (Å²) in [5.41, 5.74) is 1.28. The number of amides is 1. The number of aliphatic carboxylic acids is 1. The predicted molar refractivity (Wildman–Crippen MR) is 82.3 cm³/mol. The van der Waals surface area contributed by atoms with Crippen molar-refractivity contribution in [3.8, 4) is 11.3 Å². The van der Waals surface area contributed by atoms with E-state index < -0.39 is 17.9 Å². The number of carbonyl (C=O) groups is 2. The number of nitrogens with zero attached hydrogens (tertiary/aromatic N) is 1. The molecule has 6 nitrogen and oxygen atoms in total. The van der Waals surface area contributed by atoms with Crippen molar-refractivity contribution in [3.05, 3.63) is 41.8 Å². The molecule has 7 heteroatoms. The Morgan fingerprint density at radius 2 is 2.00 bits per heavy atom. The highest BCUT2D eigenvalue weighted by molar-refractivity contribution is 5.95. The number of halogens is 1. The SMILES string of the molecule is CCC(C)C(NC(=O)c1cc(-c2ccc(F)cc2)n[nH]1)C(=O)O. The Balaban J connectivity index is 2.14. The number of hydrogen-bond donors (Lipinski definition) is 3. The average Bonchev–Trinajstić information content (AvgIpc) is 3.02. The van der Waals surface area contributed by atoms with Gasteiger partial charge in [0.15, 0.2) is 0 Å². The fourth-order valence-corrected chi connectivity index (χ4v) is 2.11. The molecule has 2 atom stereocenters. The molecule has 0 radical (unpaired) electrons. The minimum atomic E-state index is -1.08. The lowest BCUT2D eigenvalue weighted by atomic mass is 9.99. The van der Waals surface area contributed by atoms with E-state index in [2.05, 4.69) is 15.5 Å². The van der Waals surface area contributed by atoms with Crippen LogP contribution in [0.4, 0.5) is 4.39 Å². The van der Waals surface area contributed by atoms with Crippen LogP contribution in [0.1, 0.15) is 30.8 Å². The van der Waals surface area contributed by atoms with E-state index in [0.29, 0.717) is 17.7 Å². The number of aromatic nitrogens is 2. The molecule has 1 aromatic carbocycles. The van der Waals surface area contributed by atoms with E-state index in [0.717, 1.165) is 0 Å². The normalized spacial score (nSPS) is 13.3. The van der Waals surface area contributed by atoms with Crippen LogP contribution in [0.3, 0.4) is 0 Å². The summed E-state index contributed by atoms with van der Waals surface area (Å²) in [5, 5.41) is 18.3. The molecule has 0 aliphatic rings. The molecule has 0 saturated heterocycles. The van der Waals surface area contributed by atoms with Gasteiger partial charge in [-0.1, -0.05) is 20.3 Å². The van der Waals surface area contributed by atoms with Gasteiger partial charge in [0.25, 0.3) is 5.91 Å². The number of hydrogen-bond acceptors (Lipinski definition) is 3. The molecule has 0 spiro atoms. The first-order valence-electron chi connectivity index (χ1n) is 7.27. The van der Waals surface area contributed by atoms with Crippen molar-refractivity contribution in [1.82, 2.24) is 15.5 Å². The lowest BCUT2D eigenvalue weighted by Crippen LogP contribution is -2.45. The van der Waals surface area contributed by atoms with E-state index in [1.54, 1.807) is 19.1 Å². The van der Waals surface area contributed by atoms with E-state index >= 15 is 0 Å². The van der Waals surface area contributed by atoms with Gasteiger partial charge in [0, 0.05) is 5.56 Å². The van der Waals surface area contributed by atoms with Crippen molar-refractivity contribution >= 4 is 11.9 Å². The number of carboxylic acid groups (broad SMARTS) is 1. The van der Waals surface area contributed by atoms with Crippen molar-refractivity contribution in [2.24, 2.45) is 5.92 Å². The molecule has 1 amide bonds. The van der Waals surface area contributed by atoms with Gasteiger partial charge in [-0.2, -0.15) is 5.10 Å². The Bertz CT molecular complexity index is 697. The highest BCUT2D eigenvalue weighted by Crippen LogP contribution is 2.18. The molecule has 3 N–H and O–H groups in total. The minimum absolute atomic E-state index is 0.152. The first-order chi connectivity index (χ1) is 10.9. The highest BCUT2D eigenvalue weighted by atomic mass is 19.1. The first-order valence-corrected chi connectivity index (χ1v) is 7.27. The molecule has 23 heavy (non-hydrogen) atoms. The molecule has 0 bridgehead atoms. The molecule has 0 fully saturated rings. The number of carboxylic acids is 1. The van der Waals surface area contributed by atoms with Gasteiger partial charge in [-0.25, -0.2) is 9.18 Å². The summed E-state index contributed by atoms with van der Waals surface area (Å²) in [6.07, 6.45) is 0.626. The maximum atomic E-state index is 12.9. The van der Waals surface area contributed by atoms with Crippen LogP contribution in [0.25, 0.3) is 11.3 Å². The zero-order valence-electron chi connectivity index (χ0n) is 12.8. The second-order valence-corrected chi connectivity index (χ2v) is 5.35. The highest BCUT2D eigenvalue weighted by Gasteiger charge is 2.26. The standard InChI is InChI=1S/C16H18FN3O3/c1-3-9(2)14(16(22)23)18-15(21)13-8-12(19-20-13)10-4-6-11(17)7-5-10/h4-9,14H,3H2,1-2H3,(H,18,21)(H,19,20)(H,22,23). The summed E-state index contributed by atoms with van der Waals surface area (Å²) in [6.45, 7) is 3.62. The van der Waals surface area contributed by atoms with Crippen molar-refractivity contribution < 1.29 is 19.1 Å². The Kier molecular flexibility index (Phi) is 5.10. The zero-order valence-corrected chi connectivity index (χ0v) is 12.8. The fourth-order valence-electron chi connectivity index (χ4n) is 2.11. The van der Waals surface area contributed by atoms with E-state index in [-0.39, 0.29) is 17.4 Å². The maximum absolute atomic E-state index is 12.9. The van der Waals surface area contributed by atoms with E-state index in [1.807, 2.05) is 6.92 Å². The molecule has 0 aliphatic carbocycles. The number of nitrogens with one attached hydrogen (secondary N) is 2. The quantitative estimate of drug-likeness (QED) is 0.762. The Hall–Kier alpha value is -2.70. The lowest BCUT2D eigenvalue weighted by Gasteiger charge is -2.19. The summed E-state index contributed by atoms with van der Waals surface area (Å²) >= 11 is 0. The van der Waals surface area contributed by atoms with E-state index in [4.69, 9.17) is 0 Å². The summed E-state index contributed by atoms with van der Waals surface area (Å²) in [7, 11) is 0. The van der Waals surface area contributed by atoms with Crippen LogP contribution in [-0.2, 0) is 4.79 Å². The molecule has 1 heterocycles. The maximum Gasteiger partial charge on any atom is 0.326 e. The molecule has 2 unspecified atom stereocenters. The van der Waals surface area contributed by atoms with Crippen molar-refractivity contribution in [3.63, 3.8) is 0 Å². The molecule has 122 valence electrons. The number of carbonyl (C=O) groups excluding carboxylic acids is 1. The van der Waals surface area contributed by atoms with Gasteiger partial charge < -0.3 is 10.4 Å². The van der Waals surface area contributed by atoms with Crippen LogP contribution in [-0.4, -0.2) is 33.2 Å².